The first-order valence-electron chi connectivity index (χ1n) is 7.16. The second kappa shape index (κ2) is 6.27. The van der Waals surface area contributed by atoms with Crippen LogP contribution in [0.4, 0.5) is 0 Å². The van der Waals surface area contributed by atoms with Crippen LogP contribution in [0.5, 0.6) is 5.75 Å². The molecule has 4 nitrogen and oxygen atoms in total. The van der Waals surface area contributed by atoms with Crippen molar-refractivity contribution in [2.45, 2.75) is 31.7 Å². The summed E-state index contributed by atoms with van der Waals surface area (Å²) in [6.07, 6.45) is 2.47. The first-order chi connectivity index (χ1) is 9.56. The lowest BCUT2D eigenvalue weighted by Gasteiger charge is -2.39. The van der Waals surface area contributed by atoms with Crippen molar-refractivity contribution >= 4 is 5.91 Å². The van der Waals surface area contributed by atoms with Crippen molar-refractivity contribution < 1.29 is 9.53 Å². The highest BCUT2D eigenvalue weighted by Gasteiger charge is 2.30. The standard InChI is InChI=1S/C16H24N2O2/c1-16(17-2)7-9-18(10-8-16)15(19)12-13-5-4-6-14(11-13)20-3/h4-6,11,17H,7-10,12H2,1-3H3. The first-order valence-corrected chi connectivity index (χ1v) is 7.16. The van der Waals surface area contributed by atoms with E-state index in [1.807, 2.05) is 36.2 Å². The molecule has 1 amide bonds. The van der Waals surface area contributed by atoms with E-state index in [1.165, 1.54) is 0 Å². The van der Waals surface area contributed by atoms with Crippen LogP contribution in [0.2, 0.25) is 0 Å². The normalized spacial score (nSPS) is 17.9. The van der Waals surface area contributed by atoms with Crippen molar-refractivity contribution in [3.05, 3.63) is 29.8 Å². The van der Waals surface area contributed by atoms with E-state index in [0.717, 1.165) is 37.2 Å². The lowest BCUT2D eigenvalue weighted by molar-refractivity contribution is -0.132. The van der Waals surface area contributed by atoms with Crippen LogP contribution in [0.15, 0.2) is 24.3 Å². The monoisotopic (exact) mass is 276 g/mol. The van der Waals surface area contributed by atoms with Crippen LogP contribution in [0.1, 0.15) is 25.3 Å². The molecule has 0 bridgehead atoms. The molecule has 0 atom stereocenters. The topological polar surface area (TPSA) is 41.6 Å². The molecule has 0 unspecified atom stereocenters. The zero-order valence-corrected chi connectivity index (χ0v) is 12.6. The number of likely N-dealkylation sites (tertiary alicyclic amines) is 1. The molecule has 1 heterocycles. The highest BCUT2D eigenvalue weighted by Crippen LogP contribution is 2.22. The van der Waals surface area contributed by atoms with Crippen molar-refractivity contribution in [1.82, 2.24) is 10.2 Å². The van der Waals surface area contributed by atoms with Gasteiger partial charge in [0.15, 0.2) is 0 Å². The van der Waals surface area contributed by atoms with Gasteiger partial charge in [-0.15, -0.1) is 0 Å². The molecule has 2 rings (SSSR count). The highest BCUT2D eigenvalue weighted by molar-refractivity contribution is 5.79. The van der Waals surface area contributed by atoms with E-state index in [9.17, 15) is 4.79 Å². The molecule has 1 N–H and O–H groups in total. The highest BCUT2D eigenvalue weighted by atomic mass is 16.5. The fourth-order valence-electron chi connectivity index (χ4n) is 2.57. The molecule has 1 aromatic carbocycles. The van der Waals surface area contributed by atoms with Crippen LogP contribution in [0, 0.1) is 0 Å². The van der Waals surface area contributed by atoms with Crippen LogP contribution in [0.3, 0.4) is 0 Å². The number of piperidine rings is 1. The van der Waals surface area contributed by atoms with E-state index in [4.69, 9.17) is 4.74 Å². The average Bonchev–Trinajstić information content (AvgIpc) is 2.48. The lowest BCUT2D eigenvalue weighted by Crippen LogP contribution is -2.51. The van der Waals surface area contributed by atoms with E-state index in [-0.39, 0.29) is 11.4 Å². The van der Waals surface area contributed by atoms with Crippen molar-refractivity contribution in [2.75, 3.05) is 27.2 Å². The van der Waals surface area contributed by atoms with Gasteiger partial charge >= 0.3 is 0 Å². The Kier molecular flexibility index (Phi) is 4.65. The summed E-state index contributed by atoms with van der Waals surface area (Å²) in [4.78, 5) is 14.3. The Morgan fingerprint density at radius 1 is 1.40 bits per heavy atom. The molecule has 1 aromatic rings. The molecular formula is C16H24N2O2. The second-order valence-corrected chi connectivity index (χ2v) is 5.72. The zero-order valence-electron chi connectivity index (χ0n) is 12.6. The Morgan fingerprint density at radius 2 is 2.10 bits per heavy atom. The maximum absolute atomic E-state index is 12.3. The number of hydrogen-bond acceptors (Lipinski definition) is 3. The number of nitrogens with zero attached hydrogens (tertiary/aromatic N) is 1. The third kappa shape index (κ3) is 3.51. The van der Waals surface area contributed by atoms with Gasteiger partial charge in [0.25, 0.3) is 0 Å². The van der Waals surface area contributed by atoms with Gasteiger partial charge in [-0.1, -0.05) is 12.1 Å². The summed E-state index contributed by atoms with van der Waals surface area (Å²) in [6.45, 7) is 3.89. The number of amides is 1. The third-order valence-corrected chi connectivity index (χ3v) is 4.31. The largest absolute Gasteiger partial charge is 0.497 e. The van der Waals surface area contributed by atoms with Gasteiger partial charge in [-0.05, 0) is 44.5 Å². The van der Waals surface area contributed by atoms with Crippen LogP contribution in [-0.4, -0.2) is 43.6 Å². The fourth-order valence-corrected chi connectivity index (χ4v) is 2.57. The zero-order chi connectivity index (χ0) is 14.6. The smallest absolute Gasteiger partial charge is 0.226 e. The second-order valence-electron chi connectivity index (χ2n) is 5.72. The average molecular weight is 276 g/mol. The molecular weight excluding hydrogens is 252 g/mol. The molecule has 0 spiro atoms. The molecule has 20 heavy (non-hydrogen) atoms. The molecule has 110 valence electrons. The number of carbonyl (C=O) groups is 1. The molecule has 1 fully saturated rings. The Balaban J connectivity index is 1.92. The maximum Gasteiger partial charge on any atom is 0.226 e. The van der Waals surface area contributed by atoms with Crippen LogP contribution in [0.25, 0.3) is 0 Å². The first kappa shape index (κ1) is 14.9. The Hall–Kier alpha value is -1.55. The molecule has 0 aromatic heterocycles. The van der Waals surface area contributed by atoms with Gasteiger partial charge in [0.2, 0.25) is 5.91 Å². The van der Waals surface area contributed by atoms with Crippen LogP contribution < -0.4 is 10.1 Å². The van der Waals surface area contributed by atoms with Gasteiger partial charge in [-0.3, -0.25) is 4.79 Å². The maximum atomic E-state index is 12.3. The van der Waals surface area contributed by atoms with E-state index < -0.39 is 0 Å². The molecule has 0 radical (unpaired) electrons. The summed E-state index contributed by atoms with van der Waals surface area (Å²) in [5.74, 6) is 1.01. The van der Waals surface area contributed by atoms with Crippen LogP contribution in [-0.2, 0) is 11.2 Å². The number of methoxy groups -OCH3 is 1. The summed E-state index contributed by atoms with van der Waals surface area (Å²) in [5.41, 5.74) is 1.18. The van der Waals surface area contributed by atoms with Crippen LogP contribution >= 0.6 is 0 Å². The SMILES string of the molecule is CNC1(C)CCN(C(=O)Cc2cccc(OC)c2)CC1. The minimum Gasteiger partial charge on any atom is -0.497 e. The van der Waals surface area contributed by atoms with Gasteiger partial charge in [0.05, 0.1) is 13.5 Å². The predicted octanol–water partition coefficient (Wildman–Crippen LogP) is 1.84. The number of ether oxygens (including phenoxy) is 1. The molecule has 0 aliphatic carbocycles. The third-order valence-electron chi connectivity index (χ3n) is 4.31. The summed E-state index contributed by atoms with van der Waals surface area (Å²) >= 11 is 0. The van der Waals surface area contributed by atoms with E-state index in [1.54, 1.807) is 7.11 Å². The lowest BCUT2D eigenvalue weighted by atomic mass is 9.89. The Bertz CT molecular complexity index is 465. The quantitative estimate of drug-likeness (QED) is 0.912. The van der Waals surface area contributed by atoms with Crippen molar-refractivity contribution in [3.8, 4) is 5.75 Å². The Labute approximate surface area is 121 Å². The fraction of sp³-hybridized carbons (Fsp3) is 0.562. The van der Waals surface area contributed by atoms with E-state index >= 15 is 0 Å². The van der Waals surface area contributed by atoms with Gasteiger partial charge < -0.3 is 15.0 Å². The number of benzene rings is 1. The van der Waals surface area contributed by atoms with E-state index in [2.05, 4.69) is 12.2 Å². The number of carbonyl (C=O) groups excluding carboxylic acids is 1. The van der Waals surface area contributed by atoms with Gasteiger partial charge in [0.1, 0.15) is 5.75 Å². The predicted molar refractivity (Wildman–Crippen MR) is 80.0 cm³/mol. The molecule has 1 saturated heterocycles. The minimum atomic E-state index is 0.173. The summed E-state index contributed by atoms with van der Waals surface area (Å²) in [5, 5.41) is 3.35. The van der Waals surface area contributed by atoms with Crippen molar-refractivity contribution in [1.29, 1.82) is 0 Å². The van der Waals surface area contributed by atoms with Gasteiger partial charge in [0, 0.05) is 18.6 Å². The number of rotatable bonds is 4. The number of nitrogens with one attached hydrogen (secondary N) is 1. The molecule has 1 aliphatic rings. The summed E-state index contributed by atoms with van der Waals surface area (Å²) < 4.78 is 5.19. The minimum absolute atomic E-state index is 0.173. The summed E-state index contributed by atoms with van der Waals surface area (Å²) in [7, 11) is 3.64. The van der Waals surface area contributed by atoms with Crippen molar-refractivity contribution in [2.24, 2.45) is 0 Å². The molecule has 4 heteroatoms. The van der Waals surface area contributed by atoms with Gasteiger partial charge in [-0.2, -0.15) is 0 Å². The van der Waals surface area contributed by atoms with Gasteiger partial charge in [-0.25, -0.2) is 0 Å². The van der Waals surface area contributed by atoms with E-state index in [0.29, 0.717) is 6.42 Å². The molecule has 1 aliphatic heterocycles. The number of hydrogen-bond donors (Lipinski definition) is 1. The van der Waals surface area contributed by atoms with Crippen molar-refractivity contribution in [3.63, 3.8) is 0 Å². The molecule has 0 saturated carbocycles. The Morgan fingerprint density at radius 3 is 2.70 bits per heavy atom. The summed E-state index contributed by atoms with van der Waals surface area (Å²) in [6, 6.07) is 7.73.